The van der Waals surface area contributed by atoms with E-state index in [1.54, 1.807) is 0 Å². The van der Waals surface area contributed by atoms with Crippen LogP contribution in [0.5, 0.6) is 5.75 Å². The molecule has 0 radical (unpaired) electrons. The summed E-state index contributed by atoms with van der Waals surface area (Å²) >= 11 is 5.59. The second-order valence-corrected chi connectivity index (χ2v) is 7.34. The number of aryl methyl sites for hydroxylation is 1. The van der Waals surface area contributed by atoms with Crippen LogP contribution in [0.3, 0.4) is 0 Å². The van der Waals surface area contributed by atoms with E-state index in [-0.39, 0.29) is 6.04 Å². The number of thiocarbonyl (C=S) groups is 1. The first-order valence-corrected chi connectivity index (χ1v) is 10.2. The molecule has 6 heteroatoms. The summed E-state index contributed by atoms with van der Waals surface area (Å²) in [6.07, 6.45) is 0. The normalized spacial score (nSPS) is 15.6. The van der Waals surface area contributed by atoms with Crippen LogP contribution in [0.1, 0.15) is 24.1 Å². The SMILES string of the molecule is CCOc1ccc(NC(=S)N[C@@H](CN2CCOCC2)c2ccc(C)cc2)cc1. The molecule has 1 atom stereocenters. The number of hydrogen-bond acceptors (Lipinski definition) is 4. The van der Waals surface area contributed by atoms with E-state index in [9.17, 15) is 0 Å². The summed E-state index contributed by atoms with van der Waals surface area (Å²) in [4.78, 5) is 2.42. The molecule has 0 bridgehead atoms. The zero-order chi connectivity index (χ0) is 19.8. The summed E-state index contributed by atoms with van der Waals surface area (Å²) < 4.78 is 11.0. The molecule has 0 spiro atoms. The van der Waals surface area contributed by atoms with Gasteiger partial charge in [0.25, 0.3) is 0 Å². The molecule has 1 fully saturated rings. The maximum absolute atomic E-state index is 5.59. The van der Waals surface area contributed by atoms with Gasteiger partial charge in [-0.1, -0.05) is 29.8 Å². The van der Waals surface area contributed by atoms with E-state index < -0.39 is 0 Å². The first-order chi connectivity index (χ1) is 13.6. The molecule has 3 rings (SSSR count). The first kappa shape index (κ1) is 20.6. The fourth-order valence-corrected chi connectivity index (χ4v) is 3.46. The number of morpholine rings is 1. The van der Waals surface area contributed by atoms with Crippen LogP contribution in [0.4, 0.5) is 5.69 Å². The second-order valence-electron chi connectivity index (χ2n) is 6.93. The van der Waals surface area contributed by atoms with Crippen LogP contribution in [-0.2, 0) is 4.74 Å². The van der Waals surface area contributed by atoms with E-state index in [0.29, 0.717) is 11.7 Å². The van der Waals surface area contributed by atoms with Crippen molar-refractivity contribution < 1.29 is 9.47 Å². The molecule has 1 saturated heterocycles. The Morgan fingerprint density at radius 1 is 1.11 bits per heavy atom. The molecule has 1 aliphatic heterocycles. The Hall–Kier alpha value is -2.15. The average Bonchev–Trinajstić information content (AvgIpc) is 2.70. The Labute approximate surface area is 173 Å². The van der Waals surface area contributed by atoms with Gasteiger partial charge in [0.15, 0.2) is 5.11 Å². The van der Waals surface area contributed by atoms with Gasteiger partial charge >= 0.3 is 0 Å². The van der Waals surface area contributed by atoms with Crippen molar-refractivity contribution in [3.8, 4) is 5.75 Å². The first-order valence-electron chi connectivity index (χ1n) is 9.81. The van der Waals surface area contributed by atoms with Gasteiger partial charge in [-0.05, 0) is 55.9 Å². The quantitative estimate of drug-likeness (QED) is 0.692. The minimum atomic E-state index is 0.112. The number of benzene rings is 2. The maximum Gasteiger partial charge on any atom is 0.171 e. The van der Waals surface area contributed by atoms with Crippen molar-refractivity contribution in [1.29, 1.82) is 0 Å². The van der Waals surface area contributed by atoms with Crippen LogP contribution in [-0.4, -0.2) is 49.5 Å². The van der Waals surface area contributed by atoms with Crippen LogP contribution in [0.2, 0.25) is 0 Å². The number of anilines is 1. The fourth-order valence-electron chi connectivity index (χ4n) is 3.20. The predicted molar refractivity (Wildman–Crippen MR) is 118 cm³/mol. The number of nitrogens with one attached hydrogen (secondary N) is 2. The Kier molecular flexibility index (Phi) is 7.65. The molecular weight excluding hydrogens is 370 g/mol. The molecule has 2 aromatic rings. The van der Waals surface area contributed by atoms with Gasteiger partial charge in [0, 0.05) is 25.3 Å². The van der Waals surface area contributed by atoms with Crippen LogP contribution < -0.4 is 15.4 Å². The van der Waals surface area contributed by atoms with Crippen LogP contribution >= 0.6 is 12.2 Å². The number of ether oxygens (including phenoxy) is 2. The maximum atomic E-state index is 5.59. The van der Waals surface area contributed by atoms with Crippen molar-refractivity contribution in [2.75, 3.05) is 44.8 Å². The lowest BCUT2D eigenvalue weighted by atomic mass is 10.0. The highest BCUT2D eigenvalue weighted by Crippen LogP contribution is 2.18. The smallest absolute Gasteiger partial charge is 0.171 e. The molecule has 1 heterocycles. The molecule has 0 amide bonds. The van der Waals surface area contributed by atoms with Gasteiger partial charge in [-0.2, -0.15) is 0 Å². The molecule has 5 nitrogen and oxygen atoms in total. The number of nitrogens with zero attached hydrogens (tertiary/aromatic N) is 1. The van der Waals surface area contributed by atoms with Gasteiger partial charge in [-0.25, -0.2) is 0 Å². The minimum absolute atomic E-state index is 0.112. The Morgan fingerprint density at radius 3 is 2.43 bits per heavy atom. The van der Waals surface area contributed by atoms with Gasteiger partial charge in [-0.15, -0.1) is 0 Å². The van der Waals surface area contributed by atoms with E-state index in [2.05, 4.69) is 46.7 Å². The highest BCUT2D eigenvalue weighted by Gasteiger charge is 2.19. The molecule has 0 aliphatic carbocycles. The van der Waals surface area contributed by atoms with Gasteiger partial charge in [0.05, 0.1) is 25.9 Å². The van der Waals surface area contributed by atoms with E-state index >= 15 is 0 Å². The fraction of sp³-hybridized carbons (Fsp3) is 0.409. The summed E-state index contributed by atoms with van der Waals surface area (Å²) in [5.74, 6) is 0.858. The lowest BCUT2D eigenvalue weighted by Crippen LogP contribution is -2.44. The molecule has 0 saturated carbocycles. The zero-order valence-electron chi connectivity index (χ0n) is 16.6. The summed E-state index contributed by atoms with van der Waals surface area (Å²) in [7, 11) is 0. The highest BCUT2D eigenvalue weighted by atomic mass is 32.1. The van der Waals surface area contributed by atoms with Gasteiger partial charge < -0.3 is 20.1 Å². The van der Waals surface area contributed by atoms with Crippen LogP contribution in [0.25, 0.3) is 0 Å². The third-order valence-corrected chi connectivity index (χ3v) is 4.97. The summed E-state index contributed by atoms with van der Waals surface area (Å²) in [5.41, 5.74) is 3.42. The molecule has 0 aromatic heterocycles. The topological polar surface area (TPSA) is 45.8 Å². The largest absolute Gasteiger partial charge is 0.494 e. The number of hydrogen-bond donors (Lipinski definition) is 2. The third-order valence-electron chi connectivity index (χ3n) is 4.75. The molecule has 2 aromatic carbocycles. The predicted octanol–water partition coefficient (Wildman–Crippen LogP) is 3.75. The lowest BCUT2D eigenvalue weighted by molar-refractivity contribution is 0.0344. The lowest BCUT2D eigenvalue weighted by Gasteiger charge is -2.31. The standard InChI is InChI=1S/C22H29N3O2S/c1-3-27-20-10-8-19(9-11-20)23-22(28)24-21(16-25-12-14-26-15-13-25)18-6-4-17(2)5-7-18/h4-11,21H,3,12-16H2,1-2H3,(H2,23,24,28)/t21-/m0/s1. The number of rotatable bonds is 7. The summed E-state index contributed by atoms with van der Waals surface area (Å²) in [5, 5.41) is 7.39. The van der Waals surface area contributed by atoms with Crippen molar-refractivity contribution in [3.05, 3.63) is 59.7 Å². The molecule has 150 valence electrons. The highest BCUT2D eigenvalue weighted by molar-refractivity contribution is 7.80. The molecule has 28 heavy (non-hydrogen) atoms. The van der Waals surface area contributed by atoms with Crippen molar-refractivity contribution in [2.45, 2.75) is 19.9 Å². The van der Waals surface area contributed by atoms with Crippen molar-refractivity contribution in [1.82, 2.24) is 10.2 Å². The minimum Gasteiger partial charge on any atom is -0.494 e. The van der Waals surface area contributed by atoms with E-state index in [4.69, 9.17) is 21.7 Å². The van der Waals surface area contributed by atoms with E-state index in [0.717, 1.165) is 44.3 Å². The van der Waals surface area contributed by atoms with E-state index in [1.807, 2.05) is 31.2 Å². The van der Waals surface area contributed by atoms with Crippen LogP contribution in [0.15, 0.2) is 48.5 Å². The second kappa shape index (κ2) is 10.4. The zero-order valence-corrected chi connectivity index (χ0v) is 17.4. The molecule has 0 unspecified atom stereocenters. The molecule has 1 aliphatic rings. The van der Waals surface area contributed by atoms with Gasteiger partial charge in [-0.3, -0.25) is 4.90 Å². The molecular formula is C22H29N3O2S. The van der Waals surface area contributed by atoms with Crippen molar-refractivity contribution in [2.24, 2.45) is 0 Å². The van der Waals surface area contributed by atoms with Gasteiger partial charge in [0.2, 0.25) is 0 Å². The van der Waals surface area contributed by atoms with E-state index in [1.165, 1.54) is 11.1 Å². The Bertz CT molecular complexity index is 743. The average molecular weight is 400 g/mol. The Balaban J connectivity index is 1.65. The summed E-state index contributed by atoms with van der Waals surface area (Å²) in [6, 6.07) is 16.6. The van der Waals surface area contributed by atoms with Crippen LogP contribution in [0, 0.1) is 6.92 Å². The summed E-state index contributed by atoms with van der Waals surface area (Å²) in [6.45, 7) is 9.10. The third kappa shape index (κ3) is 6.19. The van der Waals surface area contributed by atoms with Crippen molar-refractivity contribution >= 4 is 23.0 Å². The molecule has 2 N–H and O–H groups in total. The Morgan fingerprint density at radius 2 is 1.79 bits per heavy atom. The van der Waals surface area contributed by atoms with Gasteiger partial charge in [0.1, 0.15) is 5.75 Å². The monoisotopic (exact) mass is 399 g/mol. The van der Waals surface area contributed by atoms with Crippen molar-refractivity contribution in [3.63, 3.8) is 0 Å².